The van der Waals surface area contributed by atoms with Crippen LogP contribution in [0.25, 0.3) is 0 Å². The largest absolute Gasteiger partial charge is 0.484 e. The van der Waals surface area contributed by atoms with Gasteiger partial charge in [0.2, 0.25) is 5.88 Å². The summed E-state index contributed by atoms with van der Waals surface area (Å²) in [4.78, 5) is 15.4. The number of aromatic nitrogens is 1. The number of nitriles is 1. The molecule has 0 bridgehead atoms. The van der Waals surface area contributed by atoms with Gasteiger partial charge >= 0.3 is 0 Å². The van der Waals surface area contributed by atoms with Crippen molar-refractivity contribution in [3.63, 3.8) is 0 Å². The van der Waals surface area contributed by atoms with Gasteiger partial charge in [-0.15, -0.1) is 0 Å². The lowest BCUT2D eigenvalue weighted by Gasteiger charge is -2.22. The topological polar surface area (TPSA) is 140 Å². The number of allylic oxidation sites excluding steroid dienone is 1. The SMILES string of the molecule is CCCc1nc2c(o1)NC(N)=C(C#N)[C@@H]2c1ccc(OCC(N)=O)cc1. The third-order valence-electron chi connectivity index (χ3n) is 3.98. The minimum atomic E-state index is -0.550. The number of carbonyl (C=O) groups excluding carboxylic acids is 1. The molecule has 26 heavy (non-hydrogen) atoms. The van der Waals surface area contributed by atoms with Gasteiger partial charge < -0.3 is 25.9 Å². The first kappa shape index (κ1) is 17.4. The van der Waals surface area contributed by atoms with Gasteiger partial charge in [-0.2, -0.15) is 5.26 Å². The molecule has 1 aliphatic heterocycles. The molecule has 8 heteroatoms. The highest BCUT2D eigenvalue weighted by atomic mass is 16.5. The summed E-state index contributed by atoms with van der Waals surface area (Å²) in [5, 5.41) is 12.5. The number of aryl methyl sites for hydroxylation is 1. The highest BCUT2D eigenvalue weighted by molar-refractivity contribution is 5.75. The zero-order valence-corrected chi connectivity index (χ0v) is 14.3. The molecule has 2 aromatic rings. The van der Waals surface area contributed by atoms with E-state index in [0.717, 1.165) is 12.0 Å². The minimum Gasteiger partial charge on any atom is -0.484 e. The van der Waals surface area contributed by atoms with Crippen molar-refractivity contribution >= 4 is 11.8 Å². The van der Waals surface area contributed by atoms with Crippen molar-refractivity contribution in [1.82, 2.24) is 4.98 Å². The second-order valence-corrected chi connectivity index (χ2v) is 5.89. The van der Waals surface area contributed by atoms with E-state index < -0.39 is 11.8 Å². The number of amides is 1. The predicted octanol–water partition coefficient (Wildman–Crippen LogP) is 1.74. The Balaban J connectivity index is 1.96. The smallest absolute Gasteiger partial charge is 0.255 e. The number of nitrogens with zero attached hydrogens (tertiary/aromatic N) is 2. The van der Waals surface area contributed by atoms with Crippen LogP contribution in [-0.2, 0) is 11.2 Å². The number of carbonyl (C=O) groups is 1. The van der Waals surface area contributed by atoms with Crippen molar-refractivity contribution in [3.05, 3.63) is 52.8 Å². The van der Waals surface area contributed by atoms with Crippen molar-refractivity contribution in [3.8, 4) is 11.8 Å². The molecule has 0 radical (unpaired) electrons. The Morgan fingerprint density at radius 1 is 1.42 bits per heavy atom. The van der Waals surface area contributed by atoms with Gasteiger partial charge in [-0.25, -0.2) is 4.98 Å². The average Bonchev–Trinajstić information content (AvgIpc) is 3.01. The summed E-state index contributed by atoms with van der Waals surface area (Å²) in [5.41, 5.74) is 12.9. The Morgan fingerprint density at radius 2 is 2.15 bits per heavy atom. The van der Waals surface area contributed by atoms with Crippen molar-refractivity contribution in [2.45, 2.75) is 25.7 Å². The molecule has 0 unspecified atom stereocenters. The quantitative estimate of drug-likeness (QED) is 0.718. The van der Waals surface area contributed by atoms with Gasteiger partial charge in [0.25, 0.3) is 5.91 Å². The number of rotatable bonds is 6. The predicted molar refractivity (Wildman–Crippen MR) is 93.9 cm³/mol. The lowest BCUT2D eigenvalue weighted by molar-refractivity contribution is -0.119. The molecule has 3 rings (SSSR count). The molecule has 0 fully saturated rings. The van der Waals surface area contributed by atoms with E-state index in [9.17, 15) is 10.1 Å². The minimum absolute atomic E-state index is 0.198. The number of nitrogens with two attached hydrogens (primary N) is 2. The number of fused-ring (bicyclic) bond motifs is 1. The summed E-state index contributed by atoms with van der Waals surface area (Å²) in [5.74, 6) is 0.830. The van der Waals surface area contributed by atoms with Gasteiger partial charge in [-0.1, -0.05) is 19.1 Å². The fraction of sp³-hybridized carbons (Fsp3) is 0.278. The third kappa shape index (κ3) is 3.32. The van der Waals surface area contributed by atoms with E-state index in [0.29, 0.717) is 35.2 Å². The first-order chi connectivity index (χ1) is 12.5. The van der Waals surface area contributed by atoms with Crippen LogP contribution in [0.3, 0.4) is 0 Å². The number of hydrogen-bond donors (Lipinski definition) is 3. The Morgan fingerprint density at radius 3 is 2.77 bits per heavy atom. The Kier molecular flexibility index (Phi) is 4.80. The summed E-state index contributed by atoms with van der Waals surface area (Å²) in [7, 11) is 0. The molecule has 0 spiro atoms. The fourth-order valence-electron chi connectivity index (χ4n) is 2.83. The van der Waals surface area contributed by atoms with Crippen LogP contribution in [-0.4, -0.2) is 17.5 Å². The van der Waals surface area contributed by atoms with Gasteiger partial charge in [0, 0.05) is 6.42 Å². The fourth-order valence-corrected chi connectivity index (χ4v) is 2.83. The molecule has 5 N–H and O–H groups in total. The number of primary amides is 1. The van der Waals surface area contributed by atoms with Gasteiger partial charge in [0.15, 0.2) is 12.5 Å². The summed E-state index contributed by atoms with van der Waals surface area (Å²) in [6, 6.07) is 9.17. The second-order valence-electron chi connectivity index (χ2n) is 5.89. The van der Waals surface area contributed by atoms with Gasteiger partial charge in [0.1, 0.15) is 17.3 Å². The molecule has 0 saturated heterocycles. The number of benzene rings is 1. The zero-order chi connectivity index (χ0) is 18.7. The normalized spacial score (nSPS) is 15.8. The monoisotopic (exact) mass is 353 g/mol. The Hall–Kier alpha value is -3.47. The van der Waals surface area contributed by atoms with Crippen LogP contribution in [0.15, 0.2) is 40.1 Å². The first-order valence-corrected chi connectivity index (χ1v) is 8.20. The van der Waals surface area contributed by atoms with E-state index in [1.807, 2.05) is 6.92 Å². The summed E-state index contributed by atoms with van der Waals surface area (Å²) < 4.78 is 11.0. The van der Waals surface area contributed by atoms with E-state index in [1.54, 1.807) is 24.3 Å². The van der Waals surface area contributed by atoms with Crippen molar-refractivity contribution in [2.24, 2.45) is 11.5 Å². The van der Waals surface area contributed by atoms with Gasteiger partial charge in [0.05, 0.1) is 17.6 Å². The van der Waals surface area contributed by atoms with E-state index in [-0.39, 0.29) is 12.4 Å². The molecule has 0 aliphatic carbocycles. The second kappa shape index (κ2) is 7.19. The van der Waals surface area contributed by atoms with Crippen LogP contribution in [0.5, 0.6) is 5.75 Å². The van der Waals surface area contributed by atoms with E-state index in [2.05, 4.69) is 16.4 Å². The van der Waals surface area contributed by atoms with Crippen LogP contribution >= 0.6 is 0 Å². The van der Waals surface area contributed by atoms with E-state index >= 15 is 0 Å². The molecular weight excluding hydrogens is 334 g/mol. The molecule has 1 aromatic carbocycles. The van der Waals surface area contributed by atoms with Crippen LogP contribution < -0.4 is 21.5 Å². The maximum atomic E-state index is 10.8. The molecule has 1 aliphatic rings. The van der Waals surface area contributed by atoms with Gasteiger partial charge in [-0.05, 0) is 24.1 Å². The lowest BCUT2D eigenvalue weighted by Crippen LogP contribution is -2.22. The lowest BCUT2D eigenvalue weighted by atomic mass is 9.87. The van der Waals surface area contributed by atoms with E-state index in [1.165, 1.54) is 0 Å². The van der Waals surface area contributed by atoms with Gasteiger partial charge in [-0.3, -0.25) is 4.79 Å². The van der Waals surface area contributed by atoms with Crippen molar-refractivity contribution in [2.75, 3.05) is 11.9 Å². The molecule has 1 atom stereocenters. The van der Waals surface area contributed by atoms with Crippen molar-refractivity contribution in [1.29, 1.82) is 5.26 Å². The van der Waals surface area contributed by atoms with Crippen molar-refractivity contribution < 1.29 is 13.9 Å². The maximum absolute atomic E-state index is 10.8. The van der Waals surface area contributed by atoms with Crippen LogP contribution in [0.4, 0.5) is 5.88 Å². The zero-order valence-electron chi connectivity index (χ0n) is 14.3. The molecule has 8 nitrogen and oxygen atoms in total. The number of hydrogen-bond acceptors (Lipinski definition) is 7. The number of anilines is 1. The average molecular weight is 353 g/mol. The number of ether oxygens (including phenoxy) is 1. The summed E-state index contributed by atoms with van der Waals surface area (Å²) in [6.45, 7) is 1.84. The summed E-state index contributed by atoms with van der Waals surface area (Å²) >= 11 is 0. The molecule has 134 valence electrons. The molecule has 2 heterocycles. The Bertz CT molecular complexity index is 893. The molecule has 1 aromatic heterocycles. The first-order valence-electron chi connectivity index (χ1n) is 8.20. The maximum Gasteiger partial charge on any atom is 0.255 e. The molecule has 0 saturated carbocycles. The highest BCUT2D eigenvalue weighted by Gasteiger charge is 2.33. The Labute approximate surface area is 150 Å². The molecule has 1 amide bonds. The third-order valence-corrected chi connectivity index (χ3v) is 3.98. The van der Waals surface area contributed by atoms with Crippen LogP contribution in [0.2, 0.25) is 0 Å². The standard InChI is InChI=1S/C18H19N5O3/c1-2-3-14-22-16-15(12(8-19)17(21)23-18(16)26-14)10-4-6-11(7-5-10)25-9-13(20)24/h4-7,15,23H,2-3,9,21H2,1H3,(H2,20,24)/t15-/m0/s1. The number of oxazole rings is 1. The van der Waals surface area contributed by atoms with E-state index in [4.69, 9.17) is 20.6 Å². The van der Waals surface area contributed by atoms with Crippen LogP contribution in [0, 0.1) is 11.3 Å². The van der Waals surface area contributed by atoms with Crippen LogP contribution in [0.1, 0.15) is 36.4 Å². The number of nitrogens with one attached hydrogen (secondary N) is 1. The summed E-state index contributed by atoms with van der Waals surface area (Å²) in [6.07, 6.45) is 1.59. The highest BCUT2D eigenvalue weighted by Crippen LogP contribution is 2.40. The molecular formula is C18H19N5O3.